The third-order valence-corrected chi connectivity index (χ3v) is 2.47. The zero-order chi connectivity index (χ0) is 12.7. The number of carbonyl (C=O) groups excluding carboxylic acids is 1. The van der Waals surface area contributed by atoms with Gasteiger partial charge in [-0.25, -0.2) is 0 Å². The summed E-state index contributed by atoms with van der Waals surface area (Å²) in [4.78, 5) is 21.6. The van der Waals surface area contributed by atoms with Gasteiger partial charge in [-0.3, -0.25) is 9.59 Å². The van der Waals surface area contributed by atoms with Gasteiger partial charge in [-0.15, -0.1) is 5.10 Å². The molecule has 1 heterocycles. The second-order valence-corrected chi connectivity index (χ2v) is 4.04. The van der Waals surface area contributed by atoms with E-state index in [-0.39, 0.29) is 18.7 Å². The van der Waals surface area contributed by atoms with Crippen LogP contribution in [0.15, 0.2) is 0 Å². The van der Waals surface area contributed by atoms with E-state index in [1.807, 2.05) is 6.92 Å². The topological polar surface area (TPSA) is 101 Å². The molecule has 0 radical (unpaired) electrons. The van der Waals surface area contributed by atoms with Crippen LogP contribution < -0.4 is 10.1 Å². The van der Waals surface area contributed by atoms with Gasteiger partial charge in [0.25, 0.3) is 5.19 Å². The molecule has 0 spiro atoms. The van der Waals surface area contributed by atoms with Crippen LogP contribution >= 0.6 is 11.3 Å². The lowest BCUT2D eigenvalue weighted by atomic mass is 10.2. The van der Waals surface area contributed by atoms with Gasteiger partial charge in [-0.1, -0.05) is 5.10 Å². The molecule has 1 aromatic rings. The number of carboxylic acids is 1. The van der Waals surface area contributed by atoms with Crippen molar-refractivity contribution in [2.24, 2.45) is 0 Å². The fraction of sp³-hybridized carbons (Fsp3) is 0.556. The highest BCUT2D eigenvalue weighted by Gasteiger charge is 2.09. The summed E-state index contributed by atoms with van der Waals surface area (Å²) in [5, 5.41) is 19.1. The number of aliphatic carboxylic acids is 1. The van der Waals surface area contributed by atoms with Gasteiger partial charge in [0.15, 0.2) is 0 Å². The minimum absolute atomic E-state index is 0.0201. The molecule has 94 valence electrons. The number of hydrogen-bond acceptors (Lipinski definition) is 6. The van der Waals surface area contributed by atoms with Crippen molar-refractivity contribution in [3.8, 4) is 5.19 Å². The molecule has 0 atom stereocenters. The van der Waals surface area contributed by atoms with E-state index in [1.54, 1.807) is 0 Å². The second kappa shape index (κ2) is 6.79. The number of hydrogen-bond donors (Lipinski definition) is 2. The summed E-state index contributed by atoms with van der Waals surface area (Å²) in [7, 11) is 0. The maximum Gasteiger partial charge on any atom is 0.303 e. The Labute approximate surface area is 102 Å². The number of carboxylic acid groups (broad SMARTS) is 1. The molecular formula is C9H13N3O4S. The van der Waals surface area contributed by atoms with Crippen LogP contribution in [0.2, 0.25) is 0 Å². The van der Waals surface area contributed by atoms with E-state index in [4.69, 9.17) is 9.84 Å². The van der Waals surface area contributed by atoms with Crippen molar-refractivity contribution in [3.05, 3.63) is 0 Å². The van der Waals surface area contributed by atoms with Gasteiger partial charge < -0.3 is 15.2 Å². The zero-order valence-corrected chi connectivity index (χ0v) is 10.1. The molecule has 0 bridgehead atoms. The van der Waals surface area contributed by atoms with E-state index in [1.165, 1.54) is 0 Å². The Morgan fingerprint density at radius 1 is 1.41 bits per heavy atom. The van der Waals surface area contributed by atoms with Gasteiger partial charge in [-0.2, -0.15) is 0 Å². The van der Waals surface area contributed by atoms with Crippen LogP contribution in [-0.4, -0.2) is 33.8 Å². The van der Waals surface area contributed by atoms with E-state index in [0.717, 1.165) is 11.3 Å². The summed E-state index contributed by atoms with van der Waals surface area (Å²) in [5.74, 6) is -1.18. The van der Waals surface area contributed by atoms with Crippen molar-refractivity contribution < 1.29 is 19.4 Å². The Morgan fingerprint density at radius 2 is 2.18 bits per heavy atom. The average Bonchev–Trinajstić information content (AvgIpc) is 2.65. The summed E-state index contributed by atoms with van der Waals surface area (Å²) in [6.45, 7) is 2.31. The van der Waals surface area contributed by atoms with E-state index >= 15 is 0 Å². The Morgan fingerprint density at radius 3 is 2.82 bits per heavy atom. The van der Waals surface area contributed by atoms with Crippen LogP contribution in [0.1, 0.15) is 26.2 Å². The van der Waals surface area contributed by atoms with Crippen molar-refractivity contribution in [2.75, 3.05) is 11.9 Å². The summed E-state index contributed by atoms with van der Waals surface area (Å²) in [6.07, 6.45) is 0.432. The van der Waals surface area contributed by atoms with Crippen LogP contribution in [0.5, 0.6) is 5.19 Å². The molecule has 1 rings (SSSR count). The van der Waals surface area contributed by atoms with Gasteiger partial charge in [0.2, 0.25) is 11.0 Å². The minimum Gasteiger partial charge on any atom is -0.481 e. The second-order valence-electron chi connectivity index (χ2n) is 3.10. The Kier molecular flexibility index (Phi) is 5.34. The van der Waals surface area contributed by atoms with Crippen molar-refractivity contribution >= 4 is 28.3 Å². The predicted octanol–water partition coefficient (Wildman–Crippen LogP) is 1.13. The number of anilines is 1. The van der Waals surface area contributed by atoms with Crippen LogP contribution in [0.4, 0.5) is 5.13 Å². The molecule has 0 unspecified atom stereocenters. The van der Waals surface area contributed by atoms with Crippen molar-refractivity contribution in [3.63, 3.8) is 0 Å². The quantitative estimate of drug-likeness (QED) is 0.761. The third kappa shape index (κ3) is 5.25. The molecule has 0 fully saturated rings. The fourth-order valence-corrected chi connectivity index (χ4v) is 1.69. The smallest absolute Gasteiger partial charge is 0.303 e. The molecule has 0 saturated heterocycles. The van der Waals surface area contributed by atoms with Crippen LogP contribution in [0, 0.1) is 0 Å². The largest absolute Gasteiger partial charge is 0.481 e. The summed E-state index contributed by atoms with van der Waals surface area (Å²) in [5.41, 5.74) is 0. The van der Waals surface area contributed by atoms with Gasteiger partial charge >= 0.3 is 5.97 Å². The number of ether oxygens (including phenoxy) is 1. The number of carbonyl (C=O) groups is 2. The number of aromatic nitrogens is 2. The fourth-order valence-electron chi connectivity index (χ4n) is 1.02. The molecule has 2 N–H and O–H groups in total. The minimum atomic E-state index is -0.910. The summed E-state index contributed by atoms with van der Waals surface area (Å²) < 4.78 is 5.10. The Hall–Kier alpha value is -1.70. The summed E-state index contributed by atoms with van der Waals surface area (Å²) in [6, 6.07) is 0. The predicted molar refractivity (Wildman–Crippen MR) is 61.2 cm³/mol. The van der Waals surface area contributed by atoms with Crippen LogP contribution in [0.3, 0.4) is 0 Å². The van der Waals surface area contributed by atoms with Crippen molar-refractivity contribution in [2.45, 2.75) is 26.2 Å². The van der Waals surface area contributed by atoms with E-state index in [2.05, 4.69) is 15.5 Å². The van der Waals surface area contributed by atoms with E-state index in [9.17, 15) is 9.59 Å². The SMILES string of the molecule is CCOc1nnc(NC(=O)CCCC(=O)O)s1. The molecular weight excluding hydrogens is 246 g/mol. The van der Waals surface area contributed by atoms with Gasteiger partial charge in [0.05, 0.1) is 6.61 Å². The molecule has 0 saturated carbocycles. The van der Waals surface area contributed by atoms with Crippen molar-refractivity contribution in [1.29, 1.82) is 0 Å². The third-order valence-electron chi connectivity index (χ3n) is 1.72. The molecule has 7 nitrogen and oxygen atoms in total. The number of nitrogens with one attached hydrogen (secondary N) is 1. The molecule has 1 amide bonds. The molecule has 0 aliphatic rings. The van der Waals surface area contributed by atoms with E-state index < -0.39 is 5.97 Å². The number of rotatable bonds is 7. The zero-order valence-electron chi connectivity index (χ0n) is 9.30. The number of amides is 1. The molecule has 0 aromatic carbocycles. The number of nitrogens with zero attached hydrogens (tertiary/aromatic N) is 2. The Bertz CT molecular complexity index is 393. The average molecular weight is 259 g/mol. The first-order chi connectivity index (χ1) is 8.11. The lowest BCUT2D eigenvalue weighted by Gasteiger charge is -1.98. The van der Waals surface area contributed by atoms with Gasteiger partial charge in [0.1, 0.15) is 0 Å². The van der Waals surface area contributed by atoms with E-state index in [0.29, 0.717) is 23.4 Å². The monoisotopic (exact) mass is 259 g/mol. The first-order valence-electron chi connectivity index (χ1n) is 5.09. The standard InChI is InChI=1S/C9H13N3O4S/c1-2-16-9-12-11-8(17-9)10-6(13)4-3-5-7(14)15/h2-5H2,1H3,(H,14,15)(H,10,11,13). The van der Waals surface area contributed by atoms with Gasteiger partial charge in [0, 0.05) is 12.8 Å². The first-order valence-corrected chi connectivity index (χ1v) is 5.91. The molecule has 17 heavy (non-hydrogen) atoms. The first kappa shape index (κ1) is 13.4. The maximum atomic E-state index is 11.4. The normalized spacial score (nSPS) is 9.94. The van der Waals surface area contributed by atoms with Crippen LogP contribution in [0.25, 0.3) is 0 Å². The maximum absolute atomic E-state index is 11.4. The van der Waals surface area contributed by atoms with Crippen molar-refractivity contribution in [1.82, 2.24) is 10.2 Å². The lowest BCUT2D eigenvalue weighted by Crippen LogP contribution is -2.11. The molecule has 1 aromatic heterocycles. The van der Waals surface area contributed by atoms with Gasteiger partial charge in [-0.05, 0) is 24.7 Å². The highest BCUT2D eigenvalue weighted by atomic mass is 32.1. The van der Waals surface area contributed by atoms with Crippen LogP contribution in [-0.2, 0) is 9.59 Å². The molecule has 0 aliphatic heterocycles. The summed E-state index contributed by atoms with van der Waals surface area (Å²) >= 11 is 1.13. The lowest BCUT2D eigenvalue weighted by molar-refractivity contribution is -0.137. The highest BCUT2D eigenvalue weighted by molar-refractivity contribution is 7.17. The highest BCUT2D eigenvalue weighted by Crippen LogP contribution is 2.22. The molecule has 8 heteroatoms. The molecule has 0 aliphatic carbocycles. The Balaban J connectivity index is 2.31.